The zero-order valence-electron chi connectivity index (χ0n) is 8.32. The van der Waals surface area contributed by atoms with Crippen LogP contribution < -0.4 is 0 Å². The van der Waals surface area contributed by atoms with Crippen molar-refractivity contribution in [3.63, 3.8) is 0 Å². The normalized spacial score (nSPS) is 11.7. The van der Waals surface area contributed by atoms with Crippen LogP contribution in [0.4, 0.5) is 0 Å². The summed E-state index contributed by atoms with van der Waals surface area (Å²) in [6.45, 7) is 6.34. The van der Waals surface area contributed by atoms with Crippen LogP contribution in [0.25, 0.3) is 0 Å². The van der Waals surface area contributed by atoms with Crippen LogP contribution in [0.2, 0.25) is 0 Å². The van der Waals surface area contributed by atoms with Crippen molar-refractivity contribution in [2.45, 2.75) is 46.5 Å². The summed E-state index contributed by atoms with van der Waals surface area (Å²) >= 11 is 2.35. The Kier molecular flexibility index (Phi) is 6.14. The number of hydrogen-bond donors (Lipinski definition) is 0. The van der Waals surface area contributed by atoms with Gasteiger partial charge in [0.25, 0.3) is 0 Å². The predicted molar refractivity (Wildman–Crippen MR) is 61.8 cm³/mol. The van der Waals surface area contributed by atoms with Gasteiger partial charge in [-0.2, -0.15) is 0 Å². The van der Waals surface area contributed by atoms with Crippen LogP contribution in [0.5, 0.6) is 0 Å². The first-order valence-electron chi connectivity index (χ1n) is 4.53. The van der Waals surface area contributed by atoms with Crippen LogP contribution in [0, 0.1) is 5.41 Å². The van der Waals surface area contributed by atoms with Crippen molar-refractivity contribution in [1.82, 2.24) is 0 Å². The molecule has 0 unspecified atom stereocenters. The summed E-state index contributed by atoms with van der Waals surface area (Å²) < 4.78 is 1.17. The van der Waals surface area contributed by atoms with Gasteiger partial charge in [0.2, 0.25) is 0 Å². The largest absolute Gasteiger partial charge is 0.300 e. The average Bonchev–Trinajstić information content (AvgIpc) is 1.84. The van der Waals surface area contributed by atoms with E-state index in [2.05, 4.69) is 43.4 Å². The minimum Gasteiger partial charge on any atom is -0.300 e. The third-order valence-corrected chi connectivity index (χ3v) is 2.33. The lowest BCUT2D eigenvalue weighted by Crippen LogP contribution is -2.12. The second kappa shape index (κ2) is 5.95. The Balaban J connectivity index is 3.47. The molecule has 0 bridgehead atoms. The topological polar surface area (TPSA) is 17.1 Å². The molecular weight excluding hydrogens is 263 g/mol. The van der Waals surface area contributed by atoms with Gasteiger partial charge in [-0.15, -0.1) is 0 Å². The first kappa shape index (κ1) is 12.4. The van der Waals surface area contributed by atoms with Gasteiger partial charge in [0.05, 0.1) is 0 Å². The van der Waals surface area contributed by atoms with Crippen molar-refractivity contribution in [1.29, 1.82) is 0 Å². The van der Waals surface area contributed by atoms with Gasteiger partial charge >= 0.3 is 0 Å². The second-order valence-electron chi connectivity index (χ2n) is 4.42. The van der Waals surface area contributed by atoms with Crippen molar-refractivity contribution >= 4 is 28.4 Å². The second-order valence-corrected chi connectivity index (χ2v) is 5.50. The third-order valence-electron chi connectivity index (χ3n) is 1.57. The summed E-state index contributed by atoms with van der Waals surface area (Å²) in [5.41, 5.74) is 0.168. The van der Waals surface area contributed by atoms with Crippen molar-refractivity contribution < 1.29 is 4.79 Å². The zero-order valence-corrected chi connectivity index (χ0v) is 10.5. The highest BCUT2D eigenvalue weighted by Gasteiger charge is 2.14. The zero-order chi connectivity index (χ0) is 9.61. The number of alkyl halides is 1. The molecule has 0 saturated carbocycles. The molecule has 0 spiro atoms. The molecule has 0 aromatic heterocycles. The molecule has 0 rings (SSSR count). The van der Waals surface area contributed by atoms with Crippen LogP contribution >= 0.6 is 22.6 Å². The number of halogens is 1. The van der Waals surface area contributed by atoms with Crippen molar-refractivity contribution in [3.8, 4) is 0 Å². The molecule has 0 fully saturated rings. The Morgan fingerprint density at radius 3 is 2.25 bits per heavy atom. The SMILES string of the molecule is CC(C)(C)CC(=O)CCCCI. The molecule has 0 aliphatic heterocycles. The molecule has 0 aromatic rings. The number of Topliss-reactive ketones (excluding diaryl/α,β-unsaturated/α-hetero) is 1. The number of carbonyl (C=O) groups excluding carboxylic acids is 1. The quantitative estimate of drug-likeness (QED) is 0.428. The minimum absolute atomic E-state index is 0.168. The lowest BCUT2D eigenvalue weighted by Gasteiger charge is -2.16. The van der Waals surface area contributed by atoms with Crippen LogP contribution in [-0.2, 0) is 4.79 Å². The summed E-state index contributed by atoms with van der Waals surface area (Å²) in [5.74, 6) is 0.423. The van der Waals surface area contributed by atoms with Crippen LogP contribution in [0.3, 0.4) is 0 Å². The lowest BCUT2D eigenvalue weighted by molar-refractivity contribution is -0.120. The molecule has 0 atom stereocenters. The molecule has 0 heterocycles. The Labute approximate surface area is 89.4 Å². The van der Waals surface area contributed by atoms with Crippen molar-refractivity contribution in [3.05, 3.63) is 0 Å². The van der Waals surface area contributed by atoms with E-state index >= 15 is 0 Å². The molecule has 0 aliphatic rings. The Hall–Kier alpha value is 0.400. The van der Waals surface area contributed by atoms with E-state index in [1.165, 1.54) is 10.8 Å². The number of ketones is 1. The fourth-order valence-electron chi connectivity index (χ4n) is 1.10. The van der Waals surface area contributed by atoms with Gasteiger partial charge in [-0.1, -0.05) is 43.4 Å². The molecule has 2 heteroatoms. The molecule has 0 radical (unpaired) electrons. The molecule has 1 nitrogen and oxygen atoms in total. The maximum atomic E-state index is 11.3. The fraction of sp³-hybridized carbons (Fsp3) is 0.900. The van der Waals surface area contributed by atoms with Crippen molar-refractivity contribution in [2.75, 3.05) is 4.43 Å². The summed E-state index contributed by atoms with van der Waals surface area (Å²) in [5, 5.41) is 0. The van der Waals surface area contributed by atoms with Crippen LogP contribution in [-0.4, -0.2) is 10.2 Å². The van der Waals surface area contributed by atoms with Gasteiger partial charge in [0, 0.05) is 12.8 Å². The Morgan fingerprint density at radius 1 is 1.25 bits per heavy atom. The van der Waals surface area contributed by atoms with Crippen LogP contribution in [0.1, 0.15) is 46.5 Å². The molecule has 0 aliphatic carbocycles. The van der Waals surface area contributed by atoms with Gasteiger partial charge in [-0.25, -0.2) is 0 Å². The molecule has 72 valence electrons. The van der Waals surface area contributed by atoms with E-state index in [1.54, 1.807) is 0 Å². The summed E-state index contributed by atoms with van der Waals surface area (Å²) in [7, 11) is 0. The first-order valence-corrected chi connectivity index (χ1v) is 6.06. The number of unbranched alkanes of at least 4 members (excludes halogenated alkanes) is 1. The molecule has 0 aromatic carbocycles. The highest BCUT2D eigenvalue weighted by molar-refractivity contribution is 14.1. The molecular formula is C10H19IO. The monoisotopic (exact) mass is 282 g/mol. The fourth-order valence-corrected chi connectivity index (χ4v) is 1.64. The average molecular weight is 282 g/mol. The van der Waals surface area contributed by atoms with Gasteiger partial charge < -0.3 is 0 Å². The summed E-state index contributed by atoms with van der Waals surface area (Å²) in [6.07, 6.45) is 3.75. The molecule has 12 heavy (non-hydrogen) atoms. The number of rotatable bonds is 5. The third kappa shape index (κ3) is 8.50. The van der Waals surface area contributed by atoms with Gasteiger partial charge in [-0.05, 0) is 22.7 Å². The Morgan fingerprint density at radius 2 is 1.83 bits per heavy atom. The highest BCUT2D eigenvalue weighted by Crippen LogP contribution is 2.20. The molecule has 0 saturated heterocycles. The van der Waals surface area contributed by atoms with E-state index in [-0.39, 0.29) is 5.41 Å². The van der Waals surface area contributed by atoms with E-state index in [0.29, 0.717) is 5.78 Å². The van der Waals surface area contributed by atoms with Crippen molar-refractivity contribution in [2.24, 2.45) is 5.41 Å². The predicted octanol–water partition coefficient (Wildman–Crippen LogP) is 3.60. The number of carbonyl (C=O) groups is 1. The van der Waals surface area contributed by atoms with Gasteiger partial charge in [-0.3, -0.25) is 4.79 Å². The first-order chi connectivity index (χ1) is 5.45. The highest BCUT2D eigenvalue weighted by atomic mass is 127. The lowest BCUT2D eigenvalue weighted by atomic mass is 9.89. The van der Waals surface area contributed by atoms with Crippen LogP contribution in [0.15, 0.2) is 0 Å². The molecule has 0 N–H and O–H groups in total. The maximum absolute atomic E-state index is 11.3. The van der Waals surface area contributed by atoms with E-state index in [9.17, 15) is 4.79 Å². The summed E-state index contributed by atoms with van der Waals surface area (Å²) in [4.78, 5) is 11.3. The minimum atomic E-state index is 0.168. The van der Waals surface area contributed by atoms with E-state index < -0.39 is 0 Å². The molecule has 0 amide bonds. The van der Waals surface area contributed by atoms with E-state index in [4.69, 9.17) is 0 Å². The summed E-state index contributed by atoms with van der Waals surface area (Å²) in [6, 6.07) is 0. The maximum Gasteiger partial charge on any atom is 0.133 e. The van der Waals surface area contributed by atoms with Gasteiger partial charge in [0.1, 0.15) is 5.78 Å². The Bertz CT molecular complexity index is 135. The van der Waals surface area contributed by atoms with E-state index in [1.807, 2.05) is 0 Å². The number of hydrogen-bond acceptors (Lipinski definition) is 1. The van der Waals surface area contributed by atoms with Gasteiger partial charge in [0.15, 0.2) is 0 Å². The van der Waals surface area contributed by atoms with E-state index in [0.717, 1.165) is 19.3 Å². The standard InChI is InChI=1S/C10H19IO/c1-10(2,3)8-9(12)6-4-5-7-11/h4-8H2,1-3H3. The smallest absolute Gasteiger partial charge is 0.133 e.